The van der Waals surface area contributed by atoms with Gasteiger partial charge in [0.25, 0.3) is 0 Å². The molecular weight excluding hydrogens is 256 g/mol. The van der Waals surface area contributed by atoms with E-state index >= 15 is 0 Å². The number of aromatic carboxylic acids is 1. The molecule has 4 N–H and O–H groups in total. The fraction of sp³-hybridized carbons (Fsp3) is 0.167. The molecule has 0 amide bonds. The molecule has 0 radical (unpaired) electrons. The average molecular weight is 269 g/mol. The number of benzene rings is 1. The lowest BCUT2D eigenvalue weighted by Gasteiger charge is -2.07. The Hall–Kier alpha value is -2.01. The Bertz CT molecular complexity index is 664. The quantitative estimate of drug-likeness (QED) is 0.724. The van der Waals surface area contributed by atoms with Gasteiger partial charge in [-0.3, -0.25) is 4.79 Å². The predicted octanol–water partition coefficient (Wildman–Crippen LogP) is 1.79. The van der Waals surface area contributed by atoms with E-state index in [4.69, 9.17) is 10.8 Å². The molecule has 1 aromatic heterocycles. The molecule has 1 aromatic carbocycles. The van der Waals surface area contributed by atoms with Gasteiger partial charge in [0.1, 0.15) is 5.69 Å². The first-order valence-electron chi connectivity index (χ1n) is 5.23. The summed E-state index contributed by atoms with van der Waals surface area (Å²) in [5, 5.41) is 9.48. The summed E-state index contributed by atoms with van der Waals surface area (Å²) in [5.74, 6) is -1.15. The molecule has 0 unspecified atom stereocenters. The number of carboxylic acids is 1. The van der Waals surface area contributed by atoms with Crippen LogP contribution >= 0.6 is 12.4 Å². The number of pyridine rings is 1. The van der Waals surface area contributed by atoms with Gasteiger partial charge in [-0.25, -0.2) is 4.79 Å². The molecule has 2 rings (SSSR count). The van der Waals surface area contributed by atoms with Crippen LogP contribution in [0.1, 0.15) is 23.0 Å². The maximum atomic E-state index is 12.1. The van der Waals surface area contributed by atoms with Gasteiger partial charge in [-0.05, 0) is 18.6 Å². The number of nitrogen functional groups attached to an aromatic ring is 1. The highest BCUT2D eigenvalue weighted by Crippen LogP contribution is 2.18. The van der Waals surface area contributed by atoms with E-state index < -0.39 is 5.97 Å². The van der Waals surface area contributed by atoms with Crippen molar-refractivity contribution in [2.24, 2.45) is 0 Å². The molecule has 18 heavy (non-hydrogen) atoms. The summed E-state index contributed by atoms with van der Waals surface area (Å²) >= 11 is 0. The molecule has 0 saturated heterocycles. The van der Waals surface area contributed by atoms with E-state index in [0.29, 0.717) is 23.0 Å². The smallest absolute Gasteiger partial charge is 0.352 e. The van der Waals surface area contributed by atoms with Gasteiger partial charge < -0.3 is 15.8 Å². The normalized spacial score (nSPS) is 10.1. The first-order valence-corrected chi connectivity index (χ1v) is 5.23. The Morgan fingerprint density at radius 2 is 2.11 bits per heavy atom. The first kappa shape index (κ1) is 14.1. The van der Waals surface area contributed by atoms with Crippen LogP contribution in [-0.4, -0.2) is 16.1 Å². The summed E-state index contributed by atoms with van der Waals surface area (Å²) in [6.45, 7) is 1.75. The third-order valence-corrected chi connectivity index (χ3v) is 2.73. The molecule has 0 saturated carbocycles. The molecule has 0 aliphatic heterocycles. The topological polar surface area (TPSA) is 96.2 Å². The minimum atomic E-state index is -1.15. The molecule has 5 nitrogen and oxygen atoms in total. The molecule has 1 heterocycles. The highest BCUT2D eigenvalue weighted by molar-refractivity contribution is 5.95. The van der Waals surface area contributed by atoms with Crippen molar-refractivity contribution < 1.29 is 9.90 Å². The lowest BCUT2D eigenvalue weighted by molar-refractivity contribution is 0.0689. The second-order valence-electron chi connectivity index (χ2n) is 3.74. The number of nitrogens with one attached hydrogen (secondary N) is 1. The van der Waals surface area contributed by atoms with Crippen molar-refractivity contribution in [1.82, 2.24) is 4.98 Å². The average Bonchev–Trinajstić information content (AvgIpc) is 2.30. The summed E-state index contributed by atoms with van der Waals surface area (Å²) in [4.78, 5) is 25.9. The Kier molecular flexibility index (Phi) is 3.98. The molecule has 0 aliphatic carbocycles. The fourth-order valence-corrected chi connectivity index (χ4v) is 1.90. The molecule has 0 fully saturated rings. The van der Waals surface area contributed by atoms with E-state index in [9.17, 15) is 9.59 Å². The molecule has 0 aliphatic rings. The largest absolute Gasteiger partial charge is 0.477 e. The molecule has 0 spiro atoms. The van der Waals surface area contributed by atoms with Gasteiger partial charge in [-0.2, -0.15) is 0 Å². The number of aromatic nitrogens is 1. The highest BCUT2D eigenvalue weighted by Gasteiger charge is 2.16. The van der Waals surface area contributed by atoms with Gasteiger partial charge in [-0.15, -0.1) is 12.4 Å². The van der Waals surface area contributed by atoms with Crippen LogP contribution in [0, 0.1) is 0 Å². The van der Waals surface area contributed by atoms with Gasteiger partial charge in [-0.1, -0.05) is 13.0 Å². The van der Waals surface area contributed by atoms with Crippen LogP contribution in [0.25, 0.3) is 10.9 Å². The number of carboxylic acid groups (broad SMARTS) is 1. The van der Waals surface area contributed by atoms with Crippen LogP contribution < -0.4 is 11.2 Å². The number of fused-ring (bicyclic) bond motifs is 1. The fourth-order valence-electron chi connectivity index (χ4n) is 1.90. The Morgan fingerprint density at radius 3 is 2.67 bits per heavy atom. The lowest BCUT2D eigenvalue weighted by atomic mass is 10.1. The molecule has 0 bridgehead atoms. The summed E-state index contributed by atoms with van der Waals surface area (Å²) < 4.78 is 0. The van der Waals surface area contributed by atoms with Crippen molar-refractivity contribution in [3.8, 4) is 0 Å². The van der Waals surface area contributed by atoms with Crippen molar-refractivity contribution in [1.29, 1.82) is 0 Å². The summed E-state index contributed by atoms with van der Waals surface area (Å²) in [6.07, 6.45) is 0.363. The molecule has 6 heteroatoms. The SMILES string of the molecule is CCc1c(C(=O)O)[nH]c2c(N)cccc2c1=O.Cl. The zero-order chi connectivity index (χ0) is 12.6. The number of hydrogen-bond donors (Lipinski definition) is 3. The van der Waals surface area contributed by atoms with Crippen molar-refractivity contribution >= 4 is 35.0 Å². The number of para-hydroxylation sites is 1. The van der Waals surface area contributed by atoms with Crippen molar-refractivity contribution in [2.45, 2.75) is 13.3 Å². The number of hydrogen-bond acceptors (Lipinski definition) is 3. The van der Waals surface area contributed by atoms with Crippen molar-refractivity contribution in [3.63, 3.8) is 0 Å². The standard InChI is InChI=1S/C12H12N2O3.ClH/c1-2-6-10(12(16)17)14-9-7(11(6)15)4-3-5-8(9)13;/h3-5H,2,13H2,1H3,(H,14,15)(H,16,17);1H. The second kappa shape index (κ2) is 5.10. The first-order chi connectivity index (χ1) is 8.06. The third-order valence-electron chi connectivity index (χ3n) is 2.73. The maximum absolute atomic E-state index is 12.1. The Morgan fingerprint density at radius 1 is 1.44 bits per heavy atom. The van der Waals surface area contributed by atoms with Gasteiger partial charge in [0.05, 0.1) is 11.2 Å². The van der Waals surface area contributed by atoms with Gasteiger partial charge in [0.15, 0.2) is 5.43 Å². The van der Waals surface area contributed by atoms with Crippen molar-refractivity contribution in [2.75, 3.05) is 5.73 Å². The minimum Gasteiger partial charge on any atom is -0.477 e. The Balaban J connectivity index is 0.00000162. The van der Waals surface area contributed by atoms with Crippen LogP contribution in [0.15, 0.2) is 23.0 Å². The molecule has 0 atom stereocenters. The van der Waals surface area contributed by atoms with Crippen LogP contribution in [0.4, 0.5) is 5.69 Å². The van der Waals surface area contributed by atoms with Crippen LogP contribution in [0.5, 0.6) is 0 Å². The van der Waals surface area contributed by atoms with Crippen molar-refractivity contribution in [3.05, 3.63) is 39.7 Å². The van der Waals surface area contributed by atoms with Gasteiger partial charge in [0, 0.05) is 10.9 Å². The number of carbonyl (C=O) groups is 1. The molecule has 2 aromatic rings. The number of H-pyrrole nitrogens is 1. The van der Waals surface area contributed by atoms with Gasteiger partial charge in [0.2, 0.25) is 0 Å². The zero-order valence-electron chi connectivity index (χ0n) is 9.69. The summed E-state index contributed by atoms with van der Waals surface area (Å²) in [6, 6.07) is 4.93. The Labute approximate surface area is 109 Å². The summed E-state index contributed by atoms with van der Waals surface area (Å²) in [7, 11) is 0. The van der Waals surface area contributed by atoms with Crippen LogP contribution in [-0.2, 0) is 6.42 Å². The predicted molar refractivity (Wildman–Crippen MR) is 72.6 cm³/mol. The maximum Gasteiger partial charge on any atom is 0.352 e. The third kappa shape index (κ3) is 2.04. The highest BCUT2D eigenvalue weighted by atomic mass is 35.5. The van der Waals surface area contributed by atoms with E-state index in [2.05, 4.69) is 4.98 Å². The van der Waals surface area contributed by atoms with E-state index in [1.165, 1.54) is 0 Å². The number of anilines is 1. The number of aromatic amines is 1. The summed E-state index contributed by atoms with van der Waals surface area (Å²) in [5.41, 5.74) is 6.39. The van der Waals surface area contributed by atoms with E-state index in [0.717, 1.165) is 0 Å². The monoisotopic (exact) mass is 268 g/mol. The van der Waals surface area contributed by atoms with Crippen LogP contribution in [0.2, 0.25) is 0 Å². The number of nitrogens with two attached hydrogens (primary N) is 1. The lowest BCUT2D eigenvalue weighted by Crippen LogP contribution is -2.18. The van der Waals surface area contributed by atoms with Crippen LogP contribution in [0.3, 0.4) is 0 Å². The molecule has 96 valence electrons. The number of rotatable bonds is 2. The molecular formula is C12H13ClN2O3. The minimum absolute atomic E-state index is 0. The van der Waals surface area contributed by atoms with E-state index in [1.54, 1.807) is 25.1 Å². The number of halogens is 1. The second-order valence-corrected chi connectivity index (χ2v) is 3.74. The zero-order valence-corrected chi connectivity index (χ0v) is 10.5. The van der Waals surface area contributed by atoms with Gasteiger partial charge >= 0.3 is 5.97 Å². The van der Waals surface area contributed by atoms with E-state index in [-0.39, 0.29) is 29.1 Å². The van der Waals surface area contributed by atoms with E-state index in [1.807, 2.05) is 0 Å².